The molecule has 0 heterocycles. The predicted octanol–water partition coefficient (Wildman–Crippen LogP) is 3.44. The zero-order valence-electron chi connectivity index (χ0n) is 15.9. The molecule has 1 aromatic carbocycles. The molecule has 2 N–H and O–H groups in total. The summed E-state index contributed by atoms with van der Waals surface area (Å²) in [6.07, 6.45) is 4.97. The molecular formula is C19H27Cl2N3O2S. The molecule has 150 valence electrons. The summed E-state index contributed by atoms with van der Waals surface area (Å²) >= 11 is 13.6. The molecule has 0 aliphatic heterocycles. The first-order valence-corrected chi connectivity index (χ1v) is 11.2. The van der Waals surface area contributed by atoms with Crippen LogP contribution in [-0.4, -0.2) is 60.4 Å². The Balaban J connectivity index is 1.95. The predicted molar refractivity (Wildman–Crippen MR) is 114 cm³/mol. The minimum atomic E-state index is -0.602. The van der Waals surface area contributed by atoms with E-state index >= 15 is 0 Å². The molecule has 0 spiro atoms. The quantitative estimate of drug-likeness (QED) is 0.595. The highest BCUT2D eigenvalue weighted by Crippen LogP contribution is 2.26. The number of carbonyl (C=O) groups is 2. The van der Waals surface area contributed by atoms with Crippen LogP contribution in [0.2, 0.25) is 10.0 Å². The summed E-state index contributed by atoms with van der Waals surface area (Å²) in [4.78, 5) is 27.5. The van der Waals surface area contributed by atoms with E-state index in [9.17, 15) is 9.59 Å². The van der Waals surface area contributed by atoms with Gasteiger partial charge in [0.15, 0.2) is 0 Å². The zero-order chi connectivity index (χ0) is 20.0. The first kappa shape index (κ1) is 22.3. The largest absolute Gasteiger partial charge is 0.353 e. The fourth-order valence-corrected chi connectivity index (χ4v) is 3.74. The van der Waals surface area contributed by atoms with Crippen LogP contribution in [-0.2, 0) is 4.79 Å². The van der Waals surface area contributed by atoms with Crippen LogP contribution in [0, 0.1) is 0 Å². The van der Waals surface area contributed by atoms with E-state index in [1.807, 2.05) is 6.26 Å². The summed E-state index contributed by atoms with van der Waals surface area (Å²) in [6, 6.07) is 4.98. The van der Waals surface area contributed by atoms with Crippen molar-refractivity contribution >= 4 is 46.8 Å². The molecule has 2 unspecified atom stereocenters. The molecule has 8 heteroatoms. The van der Waals surface area contributed by atoms with Crippen LogP contribution >= 0.6 is 35.0 Å². The maximum absolute atomic E-state index is 12.7. The van der Waals surface area contributed by atoms with Gasteiger partial charge in [-0.2, -0.15) is 11.8 Å². The summed E-state index contributed by atoms with van der Waals surface area (Å²) in [7, 11) is 2.09. The summed E-state index contributed by atoms with van der Waals surface area (Å²) in [6.45, 7) is 2.65. The Morgan fingerprint density at radius 2 is 2.04 bits per heavy atom. The number of hydrogen-bond donors (Lipinski definition) is 2. The van der Waals surface area contributed by atoms with Crippen molar-refractivity contribution in [2.45, 2.75) is 44.3 Å². The third kappa shape index (κ3) is 6.86. The molecule has 0 aromatic heterocycles. The zero-order valence-corrected chi connectivity index (χ0v) is 18.3. The lowest BCUT2D eigenvalue weighted by atomic mass is 10.1. The smallest absolute Gasteiger partial charge is 0.253 e. The van der Waals surface area contributed by atoms with Gasteiger partial charge in [-0.1, -0.05) is 23.2 Å². The highest BCUT2D eigenvalue weighted by Gasteiger charge is 2.29. The Labute approximate surface area is 175 Å². The molecule has 2 rings (SSSR count). The van der Waals surface area contributed by atoms with Gasteiger partial charge in [-0.25, -0.2) is 0 Å². The van der Waals surface area contributed by atoms with E-state index in [1.54, 1.807) is 23.9 Å². The van der Waals surface area contributed by atoms with Crippen molar-refractivity contribution in [3.8, 4) is 0 Å². The standard InChI is InChI=1S/C19H27Cl2N3O2S/c1-12(24(2)14-5-6-14)11-22-19(26)17(8-9-27-3)23-18(25)15-7-4-13(20)10-16(15)21/h4,7,10,12,14,17H,5-6,8-9,11H2,1-3H3,(H,22,26)(H,23,25). The summed E-state index contributed by atoms with van der Waals surface area (Å²) in [5, 5.41) is 6.52. The van der Waals surface area contributed by atoms with E-state index in [-0.39, 0.29) is 22.9 Å². The summed E-state index contributed by atoms with van der Waals surface area (Å²) in [5.74, 6) is 0.226. The lowest BCUT2D eigenvalue weighted by Crippen LogP contribution is -2.50. The normalized spacial score (nSPS) is 16.1. The van der Waals surface area contributed by atoms with Crippen LogP contribution in [0.5, 0.6) is 0 Å². The van der Waals surface area contributed by atoms with Gasteiger partial charge in [-0.05, 0) is 63.4 Å². The molecule has 1 fully saturated rings. The topological polar surface area (TPSA) is 61.4 Å². The average Bonchev–Trinajstić information content (AvgIpc) is 3.47. The second kappa shape index (κ2) is 10.6. The Morgan fingerprint density at radius 3 is 2.63 bits per heavy atom. The number of benzene rings is 1. The number of carbonyl (C=O) groups excluding carboxylic acids is 2. The maximum atomic E-state index is 12.7. The molecule has 1 aromatic rings. The molecule has 27 heavy (non-hydrogen) atoms. The van der Waals surface area contributed by atoms with Crippen molar-refractivity contribution in [1.82, 2.24) is 15.5 Å². The second-order valence-corrected chi connectivity index (χ2v) is 8.75. The van der Waals surface area contributed by atoms with Crippen molar-refractivity contribution in [2.75, 3.05) is 25.6 Å². The molecule has 1 saturated carbocycles. The van der Waals surface area contributed by atoms with Gasteiger partial charge < -0.3 is 10.6 Å². The van der Waals surface area contributed by atoms with Crippen LogP contribution in [0.4, 0.5) is 0 Å². The molecule has 0 radical (unpaired) electrons. The van der Waals surface area contributed by atoms with Crippen molar-refractivity contribution in [3.63, 3.8) is 0 Å². The van der Waals surface area contributed by atoms with Gasteiger partial charge in [-0.3, -0.25) is 14.5 Å². The number of likely N-dealkylation sites (N-methyl/N-ethyl adjacent to an activating group) is 1. The van der Waals surface area contributed by atoms with Crippen LogP contribution < -0.4 is 10.6 Å². The third-order valence-corrected chi connectivity index (χ3v) is 5.99. The van der Waals surface area contributed by atoms with Gasteiger partial charge in [0.05, 0.1) is 10.6 Å². The van der Waals surface area contributed by atoms with E-state index < -0.39 is 6.04 Å². The minimum Gasteiger partial charge on any atom is -0.353 e. The average molecular weight is 432 g/mol. The van der Waals surface area contributed by atoms with Crippen molar-refractivity contribution < 1.29 is 9.59 Å². The monoisotopic (exact) mass is 431 g/mol. The van der Waals surface area contributed by atoms with Gasteiger partial charge in [0.1, 0.15) is 6.04 Å². The number of amides is 2. The summed E-state index contributed by atoms with van der Waals surface area (Å²) in [5.41, 5.74) is 0.310. The van der Waals surface area contributed by atoms with Gasteiger partial charge >= 0.3 is 0 Å². The van der Waals surface area contributed by atoms with Gasteiger partial charge in [-0.15, -0.1) is 0 Å². The number of nitrogens with one attached hydrogen (secondary N) is 2. The Kier molecular flexibility index (Phi) is 8.73. The van der Waals surface area contributed by atoms with Gasteiger partial charge in [0.25, 0.3) is 5.91 Å². The highest BCUT2D eigenvalue weighted by molar-refractivity contribution is 7.98. The Hall–Kier alpha value is -0.950. The minimum absolute atomic E-state index is 0.168. The molecule has 2 amide bonds. The van der Waals surface area contributed by atoms with E-state index in [2.05, 4.69) is 29.5 Å². The molecular weight excluding hydrogens is 405 g/mol. The number of nitrogens with zero attached hydrogens (tertiary/aromatic N) is 1. The fraction of sp³-hybridized carbons (Fsp3) is 0.579. The van der Waals surface area contributed by atoms with Gasteiger partial charge in [0.2, 0.25) is 5.91 Å². The van der Waals surface area contributed by atoms with Crippen LogP contribution in [0.15, 0.2) is 18.2 Å². The molecule has 0 saturated heterocycles. The number of halogens is 2. The number of rotatable bonds is 10. The molecule has 1 aliphatic rings. The van der Waals surface area contributed by atoms with Crippen molar-refractivity contribution in [3.05, 3.63) is 33.8 Å². The highest BCUT2D eigenvalue weighted by atomic mass is 35.5. The Bertz CT molecular complexity index is 670. The molecule has 2 atom stereocenters. The third-order valence-electron chi connectivity index (χ3n) is 4.80. The lowest BCUT2D eigenvalue weighted by molar-refractivity contribution is -0.123. The van der Waals surface area contributed by atoms with E-state index in [4.69, 9.17) is 23.2 Å². The van der Waals surface area contributed by atoms with Gasteiger partial charge in [0, 0.05) is 23.7 Å². The maximum Gasteiger partial charge on any atom is 0.253 e. The first-order valence-electron chi connectivity index (χ1n) is 9.08. The van der Waals surface area contributed by atoms with E-state index in [0.29, 0.717) is 29.6 Å². The molecule has 5 nitrogen and oxygen atoms in total. The SMILES string of the molecule is CSCCC(NC(=O)c1ccc(Cl)cc1Cl)C(=O)NCC(C)N(C)C1CC1. The van der Waals surface area contributed by atoms with E-state index in [1.165, 1.54) is 18.9 Å². The second-order valence-electron chi connectivity index (χ2n) is 6.92. The van der Waals surface area contributed by atoms with Crippen LogP contribution in [0.1, 0.15) is 36.5 Å². The molecule has 0 bridgehead atoms. The molecule has 1 aliphatic carbocycles. The Morgan fingerprint density at radius 1 is 1.33 bits per heavy atom. The number of hydrogen-bond acceptors (Lipinski definition) is 4. The first-order chi connectivity index (χ1) is 12.8. The summed E-state index contributed by atoms with van der Waals surface area (Å²) < 4.78 is 0. The van der Waals surface area contributed by atoms with Crippen molar-refractivity contribution in [2.24, 2.45) is 0 Å². The van der Waals surface area contributed by atoms with Crippen LogP contribution in [0.3, 0.4) is 0 Å². The number of thioether (sulfide) groups is 1. The van der Waals surface area contributed by atoms with Crippen LogP contribution in [0.25, 0.3) is 0 Å². The van der Waals surface area contributed by atoms with E-state index in [0.717, 1.165) is 5.75 Å². The lowest BCUT2D eigenvalue weighted by Gasteiger charge is -2.26. The fourth-order valence-electron chi connectivity index (χ4n) is 2.77. The van der Waals surface area contributed by atoms with Crippen molar-refractivity contribution in [1.29, 1.82) is 0 Å².